The van der Waals surface area contributed by atoms with Gasteiger partial charge in [0.2, 0.25) is 0 Å². The van der Waals surface area contributed by atoms with Crippen LogP contribution in [0.4, 0.5) is 0 Å². The van der Waals surface area contributed by atoms with Gasteiger partial charge in [-0.15, -0.1) is 0 Å². The molecule has 3 heteroatoms. The Labute approximate surface area is 76.4 Å². The van der Waals surface area contributed by atoms with Crippen LogP contribution in [0.1, 0.15) is 11.5 Å². The van der Waals surface area contributed by atoms with Crippen molar-refractivity contribution in [2.24, 2.45) is 0 Å². The van der Waals surface area contributed by atoms with Gasteiger partial charge in [-0.25, -0.2) is 0 Å². The Hall–Kier alpha value is -1.35. The molecule has 1 aliphatic rings. The number of carboxylic acid groups (broad SMARTS) is 1. The molecule has 1 aromatic carbocycles. The molecule has 13 heavy (non-hydrogen) atoms. The van der Waals surface area contributed by atoms with E-state index in [1.807, 2.05) is 30.3 Å². The van der Waals surface area contributed by atoms with E-state index in [0.29, 0.717) is 0 Å². The molecule has 0 amide bonds. The van der Waals surface area contributed by atoms with Crippen molar-refractivity contribution in [3.8, 4) is 0 Å². The molecule has 0 unspecified atom stereocenters. The number of carboxylic acids is 1. The molecule has 3 nitrogen and oxygen atoms in total. The summed E-state index contributed by atoms with van der Waals surface area (Å²) in [7, 11) is 0. The van der Waals surface area contributed by atoms with Crippen LogP contribution in [0, 0.1) is 0 Å². The molecular formula is C10H11NO2. The van der Waals surface area contributed by atoms with Crippen molar-refractivity contribution in [3.63, 3.8) is 0 Å². The van der Waals surface area contributed by atoms with Gasteiger partial charge in [0, 0.05) is 12.5 Å². The molecule has 1 aromatic rings. The van der Waals surface area contributed by atoms with Gasteiger partial charge in [-0.3, -0.25) is 4.79 Å². The third-order valence-electron chi connectivity index (χ3n) is 2.45. The quantitative estimate of drug-likeness (QED) is 0.703. The summed E-state index contributed by atoms with van der Waals surface area (Å²) in [6, 6.07) is 9.36. The van der Waals surface area contributed by atoms with Crippen molar-refractivity contribution in [2.45, 2.75) is 12.0 Å². The molecule has 2 atom stereocenters. The molecular weight excluding hydrogens is 166 g/mol. The lowest BCUT2D eigenvalue weighted by molar-refractivity contribution is -0.142. The molecule has 0 aromatic heterocycles. The van der Waals surface area contributed by atoms with Crippen molar-refractivity contribution in [1.82, 2.24) is 5.32 Å². The summed E-state index contributed by atoms with van der Waals surface area (Å²) in [5.41, 5.74) is 1.11. The molecule has 1 fully saturated rings. The lowest BCUT2D eigenvalue weighted by Crippen LogP contribution is -2.55. The first kappa shape index (κ1) is 8.26. The first-order chi connectivity index (χ1) is 6.29. The standard InChI is InChI=1S/C10H11NO2/c12-10(13)9-8(6-11-9)7-4-2-1-3-5-7/h1-5,8-9,11H,6H2,(H,12,13)/t8-,9-/m1/s1. The molecule has 0 spiro atoms. The zero-order chi connectivity index (χ0) is 9.26. The van der Waals surface area contributed by atoms with Crippen LogP contribution in [-0.4, -0.2) is 23.7 Å². The zero-order valence-electron chi connectivity index (χ0n) is 7.10. The third kappa shape index (κ3) is 1.42. The van der Waals surface area contributed by atoms with Gasteiger partial charge in [-0.2, -0.15) is 0 Å². The van der Waals surface area contributed by atoms with E-state index < -0.39 is 12.0 Å². The van der Waals surface area contributed by atoms with Crippen LogP contribution in [-0.2, 0) is 4.79 Å². The summed E-state index contributed by atoms with van der Waals surface area (Å²) in [6.45, 7) is 0.765. The molecule has 2 N–H and O–H groups in total. The molecule has 0 aliphatic carbocycles. The van der Waals surface area contributed by atoms with Crippen molar-refractivity contribution in [2.75, 3.05) is 6.54 Å². The van der Waals surface area contributed by atoms with Gasteiger partial charge >= 0.3 is 5.97 Å². The van der Waals surface area contributed by atoms with Crippen LogP contribution < -0.4 is 5.32 Å². The topological polar surface area (TPSA) is 49.3 Å². The Morgan fingerprint density at radius 1 is 1.38 bits per heavy atom. The maximum Gasteiger partial charge on any atom is 0.321 e. The fourth-order valence-corrected chi connectivity index (χ4v) is 1.62. The van der Waals surface area contributed by atoms with Gasteiger partial charge in [-0.05, 0) is 5.56 Å². The molecule has 68 valence electrons. The summed E-state index contributed by atoms with van der Waals surface area (Å²) in [5, 5.41) is 11.7. The molecule has 0 bridgehead atoms. The number of aliphatic carboxylic acids is 1. The second-order valence-corrected chi connectivity index (χ2v) is 3.24. The Bertz CT molecular complexity index is 310. The van der Waals surface area contributed by atoms with Crippen molar-refractivity contribution in [1.29, 1.82) is 0 Å². The third-order valence-corrected chi connectivity index (χ3v) is 2.45. The van der Waals surface area contributed by atoms with Crippen LogP contribution in [0.3, 0.4) is 0 Å². The molecule has 0 saturated carbocycles. The second kappa shape index (κ2) is 3.18. The average molecular weight is 177 g/mol. The van der Waals surface area contributed by atoms with Gasteiger partial charge < -0.3 is 10.4 Å². The van der Waals surface area contributed by atoms with E-state index in [-0.39, 0.29) is 5.92 Å². The molecule has 1 aliphatic heterocycles. The SMILES string of the molecule is O=C(O)[C@@H]1NC[C@@H]1c1ccccc1. The molecule has 0 radical (unpaired) electrons. The van der Waals surface area contributed by atoms with Crippen LogP contribution in [0.5, 0.6) is 0 Å². The minimum Gasteiger partial charge on any atom is -0.480 e. The highest BCUT2D eigenvalue weighted by Gasteiger charge is 2.36. The number of hydrogen-bond donors (Lipinski definition) is 2. The maximum absolute atomic E-state index is 10.7. The second-order valence-electron chi connectivity index (χ2n) is 3.24. The van der Waals surface area contributed by atoms with Gasteiger partial charge in [0.25, 0.3) is 0 Å². The smallest absolute Gasteiger partial charge is 0.321 e. The minimum absolute atomic E-state index is 0.138. The number of hydrogen-bond acceptors (Lipinski definition) is 2. The summed E-state index contributed by atoms with van der Waals surface area (Å²) in [5.74, 6) is -0.626. The van der Waals surface area contributed by atoms with Crippen molar-refractivity contribution >= 4 is 5.97 Å². The monoisotopic (exact) mass is 177 g/mol. The zero-order valence-corrected chi connectivity index (χ0v) is 7.10. The highest BCUT2D eigenvalue weighted by Crippen LogP contribution is 2.25. The Balaban J connectivity index is 2.15. The van der Waals surface area contributed by atoms with Gasteiger partial charge in [0.05, 0.1) is 0 Å². The van der Waals surface area contributed by atoms with Crippen molar-refractivity contribution in [3.05, 3.63) is 35.9 Å². The fourth-order valence-electron chi connectivity index (χ4n) is 1.62. The predicted octanol–water partition coefficient (Wildman–Crippen LogP) is 0.827. The summed E-state index contributed by atoms with van der Waals surface area (Å²) in [6.07, 6.45) is 0. The van der Waals surface area contributed by atoms with E-state index in [1.165, 1.54) is 0 Å². The van der Waals surface area contributed by atoms with E-state index >= 15 is 0 Å². The maximum atomic E-state index is 10.7. The molecule has 1 saturated heterocycles. The van der Waals surface area contributed by atoms with Gasteiger partial charge in [0.1, 0.15) is 6.04 Å². The average Bonchev–Trinajstić information content (AvgIpc) is 2.02. The Kier molecular flexibility index (Phi) is 2.02. The van der Waals surface area contributed by atoms with Crippen LogP contribution >= 0.6 is 0 Å². The summed E-state index contributed by atoms with van der Waals surface area (Å²) < 4.78 is 0. The van der Waals surface area contributed by atoms with Gasteiger partial charge in [0.15, 0.2) is 0 Å². The number of nitrogens with one attached hydrogen (secondary N) is 1. The molecule has 2 rings (SSSR count). The van der Waals surface area contributed by atoms with E-state index in [1.54, 1.807) is 0 Å². The van der Waals surface area contributed by atoms with Gasteiger partial charge in [-0.1, -0.05) is 30.3 Å². The van der Waals surface area contributed by atoms with E-state index in [2.05, 4.69) is 5.32 Å². The first-order valence-electron chi connectivity index (χ1n) is 4.30. The largest absolute Gasteiger partial charge is 0.480 e. The highest BCUT2D eigenvalue weighted by molar-refractivity contribution is 5.76. The fraction of sp³-hybridized carbons (Fsp3) is 0.300. The number of benzene rings is 1. The van der Waals surface area contributed by atoms with E-state index in [4.69, 9.17) is 5.11 Å². The van der Waals surface area contributed by atoms with Crippen LogP contribution in [0.25, 0.3) is 0 Å². The first-order valence-corrected chi connectivity index (χ1v) is 4.30. The van der Waals surface area contributed by atoms with E-state index in [0.717, 1.165) is 12.1 Å². The lowest BCUT2D eigenvalue weighted by Gasteiger charge is -2.35. The lowest BCUT2D eigenvalue weighted by atomic mass is 9.85. The highest BCUT2D eigenvalue weighted by atomic mass is 16.4. The summed E-state index contributed by atoms with van der Waals surface area (Å²) in [4.78, 5) is 10.7. The normalized spacial score (nSPS) is 26.5. The molecule has 1 heterocycles. The number of carbonyl (C=O) groups is 1. The van der Waals surface area contributed by atoms with Crippen LogP contribution in [0.2, 0.25) is 0 Å². The minimum atomic E-state index is -0.764. The van der Waals surface area contributed by atoms with Crippen LogP contribution in [0.15, 0.2) is 30.3 Å². The number of rotatable bonds is 2. The Morgan fingerprint density at radius 2 is 2.08 bits per heavy atom. The Morgan fingerprint density at radius 3 is 2.54 bits per heavy atom. The van der Waals surface area contributed by atoms with Crippen molar-refractivity contribution < 1.29 is 9.90 Å². The predicted molar refractivity (Wildman–Crippen MR) is 48.6 cm³/mol. The summed E-state index contributed by atoms with van der Waals surface area (Å²) >= 11 is 0. The van der Waals surface area contributed by atoms with E-state index in [9.17, 15) is 4.79 Å².